The van der Waals surface area contributed by atoms with Gasteiger partial charge in [0.15, 0.2) is 0 Å². The van der Waals surface area contributed by atoms with Crippen LogP contribution in [0.25, 0.3) is 0 Å². The second kappa shape index (κ2) is 6.50. The van der Waals surface area contributed by atoms with Gasteiger partial charge < -0.3 is 4.98 Å². The smallest absolute Gasteiger partial charge is 0.244 e. The van der Waals surface area contributed by atoms with Crippen LogP contribution >= 0.6 is 11.6 Å². The van der Waals surface area contributed by atoms with E-state index in [1.54, 1.807) is 17.4 Å². The van der Waals surface area contributed by atoms with Gasteiger partial charge in [-0.05, 0) is 37.7 Å². The molecule has 2 rings (SSSR count). The average molecular weight is 319 g/mol. The van der Waals surface area contributed by atoms with Gasteiger partial charge in [-0.15, -0.1) is 11.6 Å². The maximum absolute atomic E-state index is 12.6. The molecule has 0 amide bonds. The molecule has 1 aliphatic rings. The number of aromatic amines is 1. The summed E-state index contributed by atoms with van der Waals surface area (Å²) in [5, 5.41) is 0. The Morgan fingerprint density at radius 2 is 2.00 bits per heavy atom. The van der Waals surface area contributed by atoms with Crippen LogP contribution < -0.4 is 0 Å². The molecular weight excluding hydrogens is 296 g/mol. The highest BCUT2D eigenvalue weighted by Crippen LogP contribution is 2.31. The first-order valence-corrected chi connectivity index (χ1v) is 9.17. The van der Waals surface area contributed by atoms with Crippen LogP contribution in [-0.4, -0.2) is 30.8 Å². The third kappa shape index (κ3) is 3.21. The Bertz CT molecular complexity index is 533. The summed E-state index contributed by atoms with van der Waals surface area (Å²) in [6.45, 7) is 2.21. The first kappa shape index (κ1) is 15.9. The SMILES string of the molecule is CCC1CCC(N(C)S(=O)(=O)c2c[nH]c(CCl)c2)CC1. The summed E-state index contributed by atoms with van der Waals surface area (Å²) in [4.78, 5) is 3.21. The van der Waals surface area contributed by atoms with Crippen LogP contribution in [0.1, 0.15) is 44.7 Å². The van der Waals surface area contributed by atoms with E-state index in [0.29, 0.717) is 10.8 Å². The van der Waals surface area contributed by atoms with Gasteiger partial charge in [-0.3, -0.25) is 0 Å². The summed E-state index contributed by atoms with van der Waals surface area (Å²) in [6, 6.07) is 1.74. The van der Waals surface area contributed by atoms with E-state index in [1.165, 1.54) is 12.6 Å². The summed E-state index contributed by atoms with van der Waals surface area (Å²) in [6.07, 6.45) is 6.89. The third-order valence-corrected chi connectivity index (χ3v) is 6.62. The van der Waals surface area contributed by atoms with Crippen molar-refractivity contribution in [3.63, 3.8) is 0 Å². The van der Waals surface area contributed by atoms with Gasteiger partial charge in [0.05, 0.1) is 10.8 Å². The van der Waals surface area contributed by atoms with E-state index in [2.05, 4.69) is 11.9 Å². The zero-order chi connectivity index (χ0) is 14.8. The normalized spacial score (nSPS) is 24.2. The molecule has 1 aromatic heterocycles. The summed E-state index contributed by atoms with van der Waals surface area (Å²) in [7, 11) is -1.71. The maximum atomic E-state index is 12.6. The van der Waals surface area contributed by atoms with E-state index in [1.807, 2.05) is 0 Å². The van der Waals surface area contributed by atoms with E-state index in [0.717, 1.165) is 37.3 Å². The molecule has 1 N–H and O–H groups in total. The zero-order valence-electron chi connectivity index (χ0n) is 12.1. The minimum Gasteiger partial charge on any atom is -0.363 e. The fourth-order valence-corrected chi connectivity index (χ4v) is 4.51. The second-order valence-corrected chi connectivity index (χ2v) is 7.86. The van der Waals surface area contributed by atoms with Crippen molar-refractivity contribution >= 4 is 21.6 Å². The molecule has 4 nitrogen and oxygen atoms in total. The molecule has 1 fully saturated rings. The largest absolute Gasteiger partial charge is 0.363 e. The molecule has 20 heavy (non-hydrogen) atoms. The van der Waals surface area contributed by atoms with Crippen LogP contribution in [0.15, 0.2) is 17.2 Å². The Hall–Kier alpha value is -0.520. The van der Waals surface area contributed by atoms with Crippen molar-refractivity contribution in [1.29, 1.82) is 0 Å². The molecule has 1 aliphatic carbocycles. The molecule has 0 aliphatic heterocycles. The molecule has 1 aromatic rings. The number of hydrogen-bond donors (Lipinski definition) is 1. The summed E-state index contributed by atoms with van der Waals surface area (Å²) in [5.41, 5.74) is 0.730. The van der Waals surface area contributed by atoms with E-state index >= 15 is 0 Å². The first-order valence-electron chi connectivity index (χ1n) is 7.20. The standard InChI is InChI=1S/C14H23ClN2O2S/c1-3-11-4-6-13(7-5-11)17(2)20(18,19)14-8-12(9-15)16-10-14/h8,10-11,13,16H,3-7,9H2,1-2H3. The highest BCUT2D eigenvalue weighted by Gasteiger charge is 2.31. The van der Waals surface area contributed by atoms with Gasteiger partial charge in [-0.2, -0.15) is 4.31 Å². The number of aromatic nitrogens is 1. The van der Waals surface area contributed by atoms with E-state index in [9.17, 15) is 8.42 Å². The Morgan fingerprint density at radius 1 is 1.35 bits per heavy atom. The Labute approximate surface area is 126 Å². The highest BCUT2D eigenvalue weighted by molar-refractivity contribution is 7.89. The van der Waals surface area contributed by atoms with Gasteiger partial charge in [-0.25, -0.2) is 8.42 Å². The van der Waals surface area contributed by atoms with Crippen molar-refractivity contribution in [2.45, 2.75) is 55.8 Å². The molecule has 1 heterocycles. The minimum atomic E-state index is -3.41. The van der Waals surface area contributed by atoms with Gasteiger partial charge in [0.2, 0.25) is 10.0 Å². The molecule has 6 heteroatoms. The van der Waals surface area contributed by atoms with E-state index in [-0.39, 0.29) is 6.04 Å². The molecule has 0 unspecified atom stereocenters. The van der Waals surface area contributed by atoms with Gasteiger partial charge >= 0.3 is 0 Å². The average Bonchev–Trinajstić information content (AvgIpc) is 2.96. The fraction of sp³-hybridized carbons (Fsp3) is 0.714. The topological polar surface area (TPSA) is 53.2 Å². The molecule has 0 radical (unpaired) electrons. The minimum absolute atomic E-state index is 0.122. The predicted octanol–water partition coefficient (Wildman–Crippen LogP) is 3.34. The number of nitrogens with one attached hydrogen (secondary N) is 1. The van der Waals surface area contributed by atoms with Gasteiger partial charge in [-0.1, -0.05) is 13.3 Å². The summed E-state index contributed by atoms with van der Waals surface area (Å²) < 4.78 is 26.7. The number of hydrogen-bond acceptors (Lipinski definition) is 2. The number of nitrogens with zero attached hydrogens (tertiary/aromatic N) is 1. The first-order chi connectivity index (χ1) is 9.48. The fourth-order valence-electron chi connectivity index (χ4n) is 2.92. The molecule has 1 saturated carbocycles. The molecular formula is C14H23ClN2O2S. The lowest BCUT2D eigenvalue weighted by Crippen LogP contribution is -2.39. The van der Waals surface area contributed by atoms with Crippen molar-refractivity contribution in [2.75, 3.05) is 7.05 Å². The molecule has 0 atom stereocenters. The van der Waals surface area contributed by atoms with Crippen LogP contribution in [-0.2, 0) is 15.9 Å². The van der Waals surface area contributed by atoms with Crippen LogP contribution in [0, 0.1) is 5.92 Å². The van der Waals surface area contributed by atoms with Crippen molar-refractivity contribution in [3.05, 3.63) is 18.0 Å². The lowest BCUT2D eigenvalue weighted by atomic mass is 9.85. The summed E-state index contributed by atoms with van der Waals surface area (Å²) >= 11 is 5.71. The Kier molecular flexibility index (Phi) is 5.15. The van der Waals surface area contributed by atoms with E-state index < -0.39 is 10.0 Å². The van der Waals surface area contributed by atoms with Crippen molar-refractivity contribution in [2.24, 2.45) is 5.92 Å². The monoisotopic (exact) mass is 318 g/mol. The zero-order valence-corrected chi connectivity index (χ0v) is 13.7. The van der Waals surface area contributed by atoms with Crippen LogP contribution in [0.5, 0.6) is 0 Å². The number of rotatable bonds is 5. The number of H-pyrrole nitrogens is 1. The summed E-state index contributed by atoms with van der Waals surface area (Å²) in [5.74, 6) is 1.05. The van der Waals surface area contributed by atoms with Crippen molar-refractivity contribution < 1.29 is 8.42 Å². The second-order valence-electron chi connectivity index (χ2n) is 5.60. The van der Waals surface area contributed by atoms with Crippen molar-refractivity contribution in [3.8, 4) is 0 Å². The lowest BCUT2D eigenvalue weighted by molar-refractivity contribution is 0.233. The van der Waals surface area contributed by atoms with Crippen LogP contribution in [0.3, 0.4) is 0 Å². The van der Waals surface area contributed by atoms with Crippen LogP contribution in [0.2, 0.25) is 0 Å². The molecule has 0 spiro atoms. The molecule has 114 valence electrons. The lowest BCUT2D eigenvalue weighted by Gasteiger charge is -2.33. The van der Waals surface area contributed by atoms with Crippen molar-refractivity contribution in [1.82, 2.24) is 9.29 Å². The Balaban J connectivity index is 2.09. The predicted molar refractivity (Wildman–Crippen MR) is 81.3 cm³/mol. The van der Waals surface area contributed by atoms with Gasteiger partial charge in [0, 0.05) is 25.0 Å². The van der Waals surface area contributed by atoms with Gasteiger partial charge in [0.1, 0.15) is 0 Å². The molecule has 0 saturated heterocycles. The molecule has 0 bridgehead atoms. The van der Waals surface area contributed by atoms with Crippen LogP contribution in [0.4, 0.5) is 0 Å². The number of halogens is 1. The van der Waals surface area contributed by atoms with E-state index in [4.69, 9.17) is 11.6 Å². The number of alkyl halides is 1. The van der Waals surface area contributed by atoms with Gasteiger partial charge in [0.25, 0.3) is 0 Å². The maximum Gasteiger partial charge on any atom is 0.244 e. The number of sulfonamides is 1. The Morgan fingerprint density at radius 3 is 2.50 bits per heavy atom. The molecule has 0 aromatic carbocycles. The quantitative estimate of drug-likeness (QED) is 0.846. The third-order valence-electron chi connectivity index (χ3n) is 4.45. The highest BCUT2D eigenvalue weighted by atomic mass is 35.5.